The summed E-state index contributed by atoms with van der Waals surface area (Å²) in [6.45, 7) is 6.35. The summed E-state index contributed by atoms with van der Waals surface area (Å²) in [4.78, 5) is 1.99. The summed E-state index contributed by atoms with van der Waals surface area (Å²) in [6.07, 6.45) is 3.07. The molecule has 5 nitrogen and oxygen atoms in total. The van der Waals surface area contributed by atoms with Crippen molar-refractivity contribution in [3.8, 4) is 0 Å². The SMILES string of the molecule is CCCNC(C)(CO)CCN(C)CCS(C)(=O)=O. The number of nitrogens with one attached hydrogen (secondary N) is 1. The van der Waals surface area contributed by atoms with Crippen molar-refractivity contribution < 1.29 is 13.5 Å². The van der Waals surface area contributed by atoms with Gasteiger partial charge in [-0.25, -0.2) is 8.42 Å². The molecular weight excluding hydrogens is 252 g/mol. The quantitative estimate of drug-likeness (QED) is 0.594. The maximum atomic E-state index is 11.1. The highest BCUT2D eigenvalue weighted by molar-refractivity contribution is 7.90. The lowest BCUT2D eigenvalue weighted by molar-refractivity contribution is 0.152. The van der Waals surface area contributed by atoms with Crippen LogP contribution in [0.1, 0.15) is 26.7 Å². The van der Waals surface area contributed by atoms with Gasteiger partial charge in [0, 0.05) is 18.3 Å². The summed E-state index contributed by atoms with van der Waals surface area (Å²) < 4.78 is 22.1. The summed E-state index contributed by atoms with van der Waals surface area (Å²) in [5.41, 5.74) is -0.282. The molecule has 0 amide bonds. The molecule has 110 valence electrons. The predicted molar refractivity (Wildman–Crippen MR) is 75.6 cm³/mol. The Kier molecular flexibility index (Phi) is 8.02. The second-order valence-corrected chi connectivity index (χ2v) is 7.59. The van der Waals surface area contributed by atoms with E-state index in [0.29, 0.717) is 6.54 Å². The van der Waals surface area contributed by atoms with Gasteiger partial charge in [0.25, 0.3) is 0 Å². The Labute approximate surface area is 111 Å². The third-order valence-electron chi connectivity index (χ3n) is 3.04. The Morgan fingerprint density at radius 1 is 1.33 bits per heavy atom. The van der Waals surface area contributed by atoms with Crippen LogP contribution in [0.4, 0.5) is 0 Å². The largest absolute Gasteiger partial charge is 0.394 e. The molecule has 0 saturated heterocycles. The Morgan fingerprint density at radius 2 is 1.94 bits per heavy atom. The van der Waals surface area contributed by atoms with E-state index in [1.54, 1.807) is 0 Å². The molecule has 0 aliphatic heterocycles. The fourth-order valence-electron chi connectivity index (χ4n) is 1.52. The highest BCUT2D eigenvalue weighted by Gasteiger charge is 2.22. The summed E-state index contributed by atoms with van der Waals surface area (Å²) >= 11 is 0. The molecule has 0 aromatic carbocycles. The molecule has 0 spiro atoms. The smallest absolute Gasteiger partial charge is 0.148 e. The zero-order chi connectivity index (χ0) is 14.2. The Balaban J connectivity index is 4.04. The molecule has 18 heavy (non-hydrogen) atoms. The van der Waals surface area contributed by atoms with Crippen molar-refractivity contribution in [3.05, 3.63) is 0 Å². The molecule has 1 unspecified atom stereocenters. The lowest BCUT2D eigenvalue weighted by atomic mass is 9.98. The highest BCUT2D eigenvalue weighted by atomic mass is 32.2. The Morgan fingerprint density at radius 3 is 2.39 bits per heavy atom. The molecule has 0 aromatic rings. The van der Waals surface area contributed by atoms with Crippen LogP contribution in [-0.4, -0.2) is 69.3 Å². The molecule has 6 heteroatoms. The van der Waals surface area contributed by atoms with E-state index in [0.717, 1.165) is 25.9 Å². The van der Waals surface area contributed by atoms with E-state index in [1.807, 2.05) is 18.9 Å². The summed E-state index contributed by atoms with van der Waals surface area (Å²) in [5, 5.41) is 12.7. The number of sulfone groups is 1. The fourth-order valence-corrected chi connectivity index (χ4v) is 2.16. The van der Waals surface area contributed by atoms with Crippen molar-refractivity contribution in [1.82, 2.24) is 10.2 Å². The molecule has 0 saturated carbocycles. The monoisotopic (exact) mass is 280 g/mol. The lowest BCUT2D eigenvalue weighted by Gasteiger charge is -2.31. The van der Waals surface area contributed by atoms with Crippen LogP contribution < -0.4 is 5.32 Å². The van der Waals surface area contributed by atoms with Gasteiger partial charge in [-0.05, 0) is 39.9 Å². The van der Waals surface area contributed by atoms with E-state index in [9.17, 15) is 13.5 Å². The van der Waals surface area contributed by atoms with Gasteiger partial charge in [-0.1, -0.05) is 6.92 Å². The number of nitrogens with zero attached hydrogens (tertiary/aromatic N) is 1. The van der Waals surface area contributed by atoms with Crippen LogP contribution in [0.2, 0.25) is 0 Å². The van der Waals surface area contributed by atoms with E-state index < -0.39 is 9.84 Å². The topological polar surface area (TPSA) is 69.6 Å². The molecule has 0 aliphatic carbocycles. The van der Waals surface area contributed by atoms with Gasteiger partial charge in [0.15, 0.2) is 0 Å². The van der Waals surface area contributed by atoms with Gasteiger partial charge < -0.3 is 15.3 Å². The van der Waals surface area contributed by atoms with E-state index in [-0.39, 0.29) is 17.9 Å². The number of hydrogen-bond donors (Lipinski definition) is 2. The molecule has 0 radical (unpaired) electrons. The Hall–Kier alpha value is -0.170. The van der Waals surface area contributed by atoms with Crippen molar-refractivity contribution in [2.75, 3.05) is 45.3 Å². The van der Waals surface area contributed by atoms with Gasteiger partial charge in [0.2, 0.25) is 0 Å². The van der Waals surface area contributed by atoms with E-state index in [1.165, 1.54) is 6.26 Å². The maximum Gasteiger partial charge on any atom is 0.148 e. The predicted octanol–water partition coefficient (Wildman–Crippen LogP) is 0.104. The van der Waals surface area contributed by atoms with Crippen LogP contribution >= 0.6 is 0 Å². The zero-order valence-corrected chi connectivity index (χ0v) is 12.9. The molecule has 2 N–H and O–H groups in total. The number of rotatable bonds is 10. The van der Waals surface area contributed by atoms with E-state index in [2.05, 4.69) is 12.2 Å². The second-order valence-electron chi connectivity index (χ2n) is 5.33. The fraction of sp³-hybridized carbons (Fsp3) is 1.00. The van der Waals surface area contributed by atoms with Crippen LogP contribution in [-0.2, 0) is 9.84 Å². The van der Waals surface area contributed by atoms with Crippen LogP contribution in [0.5, 0.6) is 0 Å². The third-order valence-corrected chi connectivity index (χ3v) is 3.96. The average molecular weight is 280 g/mol. The standard InChI is InChI=1S/C12H28N2O3S/c1-5-7-13-12(2,11-15)6-8-14(3)9-10-18(4,16)17/h13,15H,5-11H2,1-4H3. The minimum absolute atomic E-state index is 0.0902. The zero-order valence-electron chi connectivity index (χ0n) is 12.1. The summed E-state index contributed by atoms with van der Waals surface area (Å²) in [7, 11) is -0.994. The van der Waals surface area contributed by atoms with E-state index in [4.69, 9.17) is 0 Å². The van der Waals surface area contributed by atoms with Crippen LogP contribution in [0.25, 0.3) is 0 Å². The highest BCUT2D eigenvalue weighted by Crippen LogP contribution is 2.09. The van der Waals surface area contributed by atoms with Gasteiger partial charge in [0.1, 0.15) is 9.84 Å². The Bertz CT molecular complexity index is 319. The van der Waals surface area contributed by atoms with Gasteiger partial charge in [0.05, 0.1) is 12.4 Å². The first-order chi connectivity index (χ1) is 8.22. The van der Waals surface area contributed by atoms with Crippen LogP contribution in [0, 0.1) is 0 Å². The van der Waals surface area contributed by atoms with Crippen molar-refractivity contribution in [3.63, 3.8) is 0 Å². The summed E-state index contributed by atoms with van der Waals surface area (Å²) in [6, 6.07) is 0. The minimum Gasteiger partial charge on any atom is -0.394 e. The average Bonchev–Trinajstić information content (AvgIpc) is 2.30. The first-order valence-electron chi connectivity index (χ1n) is 6.44. The van der Waals surface area contributed by atoms with Crippen LogP contribution in [0.3, 0.4) is 0 Å². The lowest BCUT2D eigenvalue weighted by Crippen LogP contribution is -2.48. The van der Waals surface area contributed by atoms with Gasteiger partial charge in [-0.15, -0.1) is 0 Å². The van der Waals surface area contributed by atoms with E-state index >= 15 is 0 Å². The first-order valence-corrected chi connectivity index (χ1v) is 8.50. The molecule has 0 aromatic heterocycles. The van der Waals surface area contributed by atoms with Gasteiger partial charge in [-0.2, -0.15) is 0 Å². The molecular formula is C12H28N2O3S. The molecule has 0 bridgehead atoms. The van der Waals surface area contributed by atoms with Crippen molar-refractivity contribution in [2.24, 2.45) is 0 Å². The first kappa shape index (κ1) is 17.8. The minimum atomic E-state index is -2.90. The summed E-state index contributed by atoms with van der Waals surface area (Å²) in [5.74, 6) is 0.182. The maximum absolute atomic E-state index is 11.1. The second kappa shape index (κ2) is 8.09. The normalized spacial score (nSPS) is 15.9. The molecule has 0 heterocycles. The molecule has 1 atom stereocenters. The van der Waals surface area contributed by atoms with Crippen molar-refractivity contribution >= 4 is 9.84 Å². The van der Waals surface area contributed by atoms with Crippen molar-refractivity contribution in [2.45, 2.75) is 32.2 Å². The molecule has 0 aliphatic rings. The number of hydrogen-bond acceptors (Lipinski definition) is 5. The third kappa shape index (κ3) is 8.85. The molecule has 0 fully saturated rings. The number of aliphatic hydroxyl groups is 1. The van der Waals surface area contributed by atoms with Gasteiger partial charge in [-0.3, -0.25) is 0 Å². The van der Waals surface area contributed by atoms with Crippen molar-refractivity contribution in [1.29, 1.82) is 0 Å². The number of aliphatic hydroxyl groups excluding tert-OH is 1. The van der Waals surface area contributed by atoms with Crippen LogP contribution in [0.15, 0.2) is 0 Å². The molecule has 0 rings (SSSR count). The van der Waals surface area contributed by atoms with Gasteiger partial charge >= 0.3 is 0 Å².